The van der Waals surface area contributed by atoms with E-state index in [1.165, 1.54) is 73.2 Å². The maximum Gasteiger partial charge on any atom is 0.0988 e. The second kappa shape index (κ2) is 10.7. The normalized spacial score (nSPS) is 28.1. The summed E-state index contributed by atoms with van der Waals surface area (Å²) in [6.07, 6.45) is 21.7. The summed E-state index contributed by atoms with van der Waals surface area (Å²) in [4.78, 5) is 0. The molecule has 3 heteroatoms. The fourth-order valence-corrected chi connectivity index (χ4v) is 5.83. The second-order valence-electron chi connectivity index (χ2n) is 11.7. The van der Waals surface area contributed by atoms with Crippen LogP contribution in [0.3, 0.4) is 0 Å². The van der Waals surface area contributed by atoms with Gasteiger partial charge in [0.05, 0.1) is 24.7 Å². The van der Waals surface area contributed by atoms with Gasteiger partial charge in [0, 0.05) is 31.3 Å². The Balaban J connectivity index is 1.25. The van der Waals surface area contributed by atoms with E-state index in [2.05, 4.69) is 63.4 Å². The molecule has 1 N–H and O–H groups in total. The number of rotatable bonds is 8. The maximum absolute atomic E-state index is 6.46. The first-order valence-corrected chi connectivity index (χ1v) is 13.3. The van der Waals surface area contributed by atoms with Crippen LogP contribution in [0.1, 0.15) is 79.1 Å². The molecule has 0 radical (unpaired) electrons. The van der Waals surface area contributed by atoms with E-state index in [1.807, 2.05) is 7.11 Å². The van der Waals surface area contributed by atoms with Crippen molar-refractivity contribution >= 4 is 0 Å². The lowest BCUT2D eigenvalue weighted by Crippen LogP contribution is -2.29. The Labute approximate surface area is 202 Å². The van der Waals surface area contributed by atoms with Gasteiger partial charge in [0.1, 0.15) is 0 Å². The zero-order valence-electron chi connectivity index (χ0n) is 21.6. The van der Waals surface area contributed by atoms with Gasteiger partial charge in [-0.1, -0.05) is 52.0 Å². The summed E-state index contributed by atoms with van der Waals surface area (Å²) in [5, 5.41) is 3.64. The smallest absolute Gasteiger partial charge is 0.0988 e. The van der Waals surface area contributed by atoms with Gasteiger partial charge >= 0.3 is 0 Å². The minimum absolute atomic E-state index is 0.404. The SMILES string of the molecule is COC(=C1CCC1)C(C)CNCC1=CC2=CC=C(OC3CCC(C(C)(C)C)CC3)CC2C=C1. The number of ether oxygens (including phenoxy) is 2. The summed E-state index contributed by atoms with van der Waals surface area (Å²) >= 11 is 0. The molecule has 0 aliphatic heterocycles. The molecule has 0 amide bonds. The third-order valence-corrected chi connectivity index (χ3v) is 8.18. The number of allylic oxidation sites excluding steroid dienone is 7. The average Bonchev–Trinajstić information content (AvgIpc) is 2.75. The summed E-state index contributed by atoms with van der Waals surface area (Å²) in [6, 6.07) is 0. The van der Waals surface area contributed by atoms with E-state index in [-0.39, 0.29) is 0 Å². The van der Waals surface area contributed by atoms with Crippen LogP contribution < -0.4 is 5.32 Å². The van der Waals surface area contributed by atoms with Crippen molar-refractivity contribution in [3.05, 3.63) is 58.6 Å². The van der Waals surface area contributed by atoms with Crippen LogP contribution in [-0.4, -0.2) is 26.3 Å². The molecular weight excluding hydrogens is 406 g/mol. The van der Waals surface area contributed by atoms with Crippen LogP contribution in [0.4, 0.5) is 0 Å². The Morgan fingerprint density at radius 2 is 1.88 bits per heavy atom. The molecule has 0 bridgehead atoms. The highest BCUT2D eigenvalue weighted by atomic mass is 16.5. The minimum Gasteiger partial charge on any atom is -0.501 e. The molecule has 3 nitrogen and oxygen atoms in total. The lowest BCUT2D eigenvalue weighted by molar-refractivity contribution is 0.0388. The molecule has 0 spiro atoms. The summed E-state index contributed by atoms with van der Waals surface area (Å²) < 4.78 is 12.2. The van der Waals surface area contributed by atoms with Crippen molar-refractivity contribution in [2.24, 2.45) is 23.2 Å². The van der Waals surface area contributed by atoms with Gasteiger partial charge in [-0.05, 0) is 79.1 Å². The highest BCUT2D eigenvalue weighted by Gasteiger charge is 2.31. The Bertz CT molecular complexity index is 837. The molecule has 182 valence electrons. The molecule has 4 aliphatic carbocycles. The molecule has 0 heterocycles. The predicted octanol–water partition coefficient (Wildman–Crippen LogP) is 7.24. The molecule has 2 atom stereocenters. The van der Waals surface area contributed by atoms with E-state index < -0.39 is 0 Å². The van der Waals surface area contributed by atoms with Gasteiger partial charge in [-0.15, -0.1) is 0 Å². The Morgan fingerprint density at radius 1 is 1.12 bits per heavy atom. The van der Waals surface area contributed by atoms with E-state index in [0.29, 0.717) is 23.4 Å². The average molecular weight is 452 g/mol. The van der Waals surface area contributed by atoms with Crippen molar-refractivity contribution in [1.82, 2.24) is 5.32 Å². The maximum atomic E-state index is 6.46. The summed E-state index contributed by atoms with van der Waals surface area (Å²) in [5.74, 6) is 4.11. The lowest BCUT2D eigenvalue weighted by atomic mass is 9.72. The monoisotopic (exact) mass is 451 g/mol. The van der Waals surface area contributed by atoms with Crippen LogP contribution in [0, 0.1) is 23.2 Å². The van der Waals surface area contributed by atoms with Crippen molar-refractivity contribution < 1.29 is 9.47 Å². The zero-order chi connectivity index (χ0) is 23.4. The van der Waals surface area contributed by atoms with Gasteiger partial charge in [-0.3, -0.25) is 0 Å². The minimum atomic E-state index is 0.404. The number of methoxy groups -OCH3 is 1. The summed E-state index contributed by atoms with van der Waals surface area (Å²) in [7, 11) is 1.82. The number of hydrogen-bond acceptors (Lipinski definition) is 3. The van der Waals surface area contributed by atoms with Crippen molar-refractivity contribution in [3.8, 4) is 0 Å². The Kier molecular flexibility index (Phi) is 7.89. The number of hydrogen-bond donors (Lipinski definition) is 1. The van der Waals surface area contributed by atoms with Crippen molar-refractivity contribution in [1.29, 1.82) is 0 Å². The standard InChI is InChI=1S/C30H45NO2/c1-21(29(32-5)23-7-6-8-23)19-31-20-22-9-10-25-18-28(14-11-24(25)17-22)33-27-15-12-26(13-16-27)30(2,3)4/h9-11,14,17,21,25-27,31H,6-8,12-13,15-16,18-20H2,1-5H3. The van der Waals surface area contributed by atoms with Crippen LogP contribution in [0.25, 0.3) is 0 Å². The van der Waals surface area contributed by atoms with Crippen molar-refractivity contribution in [2.45, 2.75) is 85.2 Å². The molecule has 0 aromatic heterocycles. The largest absolute Gasteiger partial charge is 0.501 e. The molecule has 0 aromatic carbocycles. The summed E-state index contributed by atoms with van der Waals surface area (Å²) in [5.41, 5.74) is 4.72. The van der Waals surface area contributed by atoms with Gasteiger partial charge in [0.15, 0.2) is 0 Å². The molecule has 2 saturated carbocycles. The highest BCUT2D eigenvalue weighted by Crippen LogP contribution is 2.40. The van der Waals surface area contributed by atoms with Crippen LogP contribution in [-0.2, 0) is 9.47 Å². The molecule has 33 heavy (non-hydrogen) atoms. The Hall–Kier alpha value is -1.74. The molecule has 0 saturated heterocycles. The summed E-state index contributed by atoms with van der Waals surface area (Å²) in [6.45, 7) is 11.3. The quantitative estimate of drug-likeness (QED) is 0.394. The van der Waals surface area contributed by atoms with Gasteiger partial charge < -0.3 is 14.8 Å². The number of nitrogens with one attached hydrogen (secondary N) is 1. The van der Waals surface area contributed by atoms with E-state index in [4.69, 9.17) is 9.47 Å². The molecule has 2 fully saturated rings. The molecule has 4 rings (SSSR count). The number of fused-ring (bicyclic) bond motifs is 1. The predicted molar refractivity (Wildman–Crippen MR) is 138 cm³/mol. The lowest BCUT2D eigenvalue weighted by Gasteiger charge is -2.37. The Morgan fingerprint density at radius 3 is 2.52 bits per heavy atom. The topological polar surface area (TPSA) is 30.5 Å². The third-order valence-electron chi connectivity index (χ3n) is 8.18. The van der Waals surface area contributed by atoms with E-state index in [1.54, 1.807) is 0 Å². The first-order valence-electron chi connectivity index (χ1n) is 13.3. The van der Waals surface area contributed by atoms with Gasteiger partial charge in [0.2, 0.25) is 0 Å². The van der Waals surface area contributed by atoms with Gasteiger partial charge in [-0.25, -0.2) is 0 Å². The van der Waals surface area contributed by atoms with E-state index in [9.17, 15) is 0 Å². The van der Waals surface area contributed by atoms with Crippen LogP contribution >= 0.6 is 0 Å². The first-order chi connectivity index (χ1) is 15.8. The van der Waals surface area contributed by atoms with Crippen LogP contribution in [0.15, 0.2) is 58.6 Å². The van der Waals surface area contributed by atoms with Crippen molar-refractivity contribution in [3.63, 3.8) is 0 Å². The fraction of sp³-hybridized carbons (Fsp3) is 0.667. The molecule has 0 aromatic rings. The zero-order valence-corrected chi connectivity index (χ0v) is 21.6. The van der Waals surface area contributed by atoms with Crippen molar-refractivity contribution in [2.75, 3.05) is 20.2 Å². The first kappa shape index (κ1) is 24.4. The fourth-order valence-electron chi connectivity index (χ4n) is 5.83. The molecule has 2 unspecified atom stereocenters. The van der Waals surface area contributed by atoms with Crippen LogP contribution in [0.5, 0.6) is 0 Å². The molecular formula is C30H45NO2. The van der Waals surface area contributed by atoms with E-state index >= 15 is 0 Å². The second-order valence-corrected chi connectivity index (χ2v) is 11.7. The van der Waals surface area contributed by atoms with Gasteiger partial charge in [0.25, 0.3) is 0 Å². The third kappa shape index (κ3) is 6.23. The van der Waals surface area contributed by atoms with Crippen LogP contribution in [0.2, 0.25) is 0 Å². The van der Waals surface area contributed by atoms with E-state index in [0.717, 1.165) is 25.4 Å². The molecule has 4 aliphatic rings. The highest BCUT2D eigenvalue weighted by molar-refractivity contribution is 5.44. The van der Waals surface area contributed by atoms with Gasteiger partial charge in [-0.2, -0.15) is 0 Å².